The average molecular weight is 282 g/mol. The van der Waals surface area contributed by atoms with Crippen molar-refractivity contribution in [3.63, 3.8) is 0 Å². The number of benzene rings is 1. The van der Waals surface area contributed by atoms with Gasteiger partial charge in [0.15, 0.2) is 11.5 Å². The van der Waals surface area contributed by atoms with E-state index in [1.165, 1.54) is 0 Å². The Morgan fingerprint density at radius 3 is 2.45 bits per heavy atom. The summed E-state index contributed by atoms with van der Waals surface area (Å²) in [6.07, 6.45) is 0. The molecule has 1 aromatic rings. The molecule has 0 saturated heterocycles. The minimum Gasteiger partial charge on any atom is -0.493 e. The average Bonchev–Trinajstić information content (AvgIpc) is 2.45. The van der Waals surface area contributed by atoms with Crippen molar-refractivity contribution in [3.05, 3.63) is 23.8 Å². The Kier molecular flexibility index (Phi) is 8.02. The van der Waals surface area contributed by atoms with Gasteiger partial charge >= 0.3 is 0 Å². The summed E-state index contributed by atoms with van der Waals surface area (Å²) in [5, 5.41) is 3.34. The summed E-state index contributed by atoms with van der Waals surface area (Å²) in [6, 6.07) is 5.93. The highest BCUT2D eigenvalue weighted by atomic mass is 16.5. The lowest BCUT2D eigenvalue weighted by Crippen LogP contribution is -2.23. The van der Waals surface area contributed by atoms with E-state index in [0.717, 1.165) is 49.9 Å². The van der Waals surface area contributed by atoms with Gasteiger partial charge < -0.3 is 24.4 Å². The van der Waals surface area contributed by atoms with E-state index < -0.39 is 0 Å². The van der Waals surface area contributed by atoms with E-state index in [2.05, 4.69) is 10.2 Å². The predicted octanol–water partition coefficient (Wildman–Crippen LogP) is 1.37. The number of ether oxygens (including phenoxy) is 3. The van der Waals surface area contributed by atoms with Gasteiger partial charge in [0.1, 0.15) is 0 Å². The molecule has 0 unspecified atom stereocenters. The first-order valence-electron chi connectivity index (χ1n) is 6.81. The van der Waals surface area contributed by atoms with Crippen LogP contribution in [0, 0.1) is 0 Å². The maximum Gasteiger partial charge on any atom is 0.161 e. The Morgan fingerprint density at radius 1 is 1.05 bits per heavy atom. The molecule has 0 aliphatic rings. The van der Waals surface area contributed by atoms with Crippen LogP contribution in [0.1, 0.15) is 5.56 Å². The monoisotopic (exact) mass is 282 g/mol. The van der Waals surface area contributed by atoms with E-state index in [-0.39, 0.29) is 0 Å². The molecule has 20 heavy (non-hydrogen) atoms. The van der Waals surface area contributed by atoms with Crippen molar-refractivity contribution in [1.29, 1.82) is 0 Å². The third-order valence-electron chi connectivity index (χ3n) is 2.88. The Balaban J connectivity index is 2.22. The van der Waals surface area contributed by atoms with Crippen molar-refractivity contribution < 1.29 is 14.2 Å². The molecule has 0 aliphatic carbocycles. The smallest absolute Gasteiger partial charge is 0.161 e. The Bertz CT molecular complexity index is 383. The minimum absolute atomic E-state index is 0.723. The third-order valence-corrected chi connectivity index (χ3v) is 2.88. The molecule has 0 amide bonds. The van der Waals surface area contributed by atoms with Crippen LogP contribution in [0.15, 0.2) is 18.2 Å². The largest absolute Gasteiger partial charge is 0.493 e. The Morgan fingerprint density at radius 2 is 1.80 bits per heavy atom. The molecule has 0 aliphatic heterocycles. The van der Waals surface area contributed by atoms with Crippen LogP contribution in [0.3, 0.4) is 0 Å². The van der Waals surface area contributed by atoms with E-state index >= 15 is 0 Å². The van der Waals surface area contributed by atoms with Gasteiger partial charge in [-0.15, -0.1) is 0 Å². The quantitative estimate of drug-likeness (QED) is 0.657. The molecule has 0 aromatic heterocycles. The van der Waals surface area contributed by atoms with Crippen LogP contribution in [-0.4, -0.2) is 59.5 Å². The number of hydrogen-bond acceptors (Lipinski definition) is 5. The molecule has 5 heteroatoms. The standard InChI is InChI=1S/C15H26N2O3/c1-17(2)8-10-20-9-7-16-12-13-5-6-14(18-3)15(11-13)19-4/h5-6,11,16H,7-10,12H2,1-4H3. The molecule has 0 heterocycles. The fraction of sp³-hybridized carbons (Fsp3) is 0.600. The lowest BCUT2D eigenvalue weighted by Gasteiger charge is -2.11. The molecule has 1 N–H and O–H groups in total. The summed E-state index contributed by atoms with van der Waals surface area (Å²) in [7, 11) is 7.37. The van der Waals surface area contributed by atoms with Gasteiger partial charge in [-0.2, -0.15) is 0 Å². The maximum absolute atomic E-state index is 5.51. The highest BCUT2D eigenvalue weighted by Crippen LogP contribution is 2.27. The molecular formula is C15H26N2O3. The second kappa shape index (κ2) is 9.58. The summed E-state index contributed by atoms with van der Waals surface area (Å²) in [4.78, 5) is 2.11. The van der Waals surface area contributed by atoms with Crippen molar-refractivity contribution >= 4 is 0 Å². The molecule has 0 fully saturated rings. The number of nitrogens with one attached hydrogen (secondary N) is 1. The Labute approximate surface area is 121 Å². The van der Waals surface area contributed by atoms with Crippen LogP contribution in [0.25, 0.3) is 0 Å². The number of hydrogen-bond donors (Lipinski definition) is 1. The maximum atomic E-state index is 5.51. The summed E-state index contributed by atoms with van der Waals surface area (Å²) in [5.41, 5.74) is 1.16. The van der Waals surface area contributed by atoms with E-state index in [0.29, 0.717) is 0 Å². The minimum atomic E-state index is 0.723. The predicted molar refractivity (Wildman–Crippen MR) is 80.6 cm³/mol. The van der Waals surface area contributed by atoms with Crippen LogP contribution in [0.2, 0.25) is 0 Å². The van der Waals surface area contributed by atoms with Gasteiger partial charge in [-0.25, -0.2) is 0 Å². The summed E-state index contributed by atoms with van der Waals surface area (Å²) < 4.78 is 16.0. The molecule has 0 atom stereocenters. The second-order valence-corrected chi connectivity index (χ2v) is 4.78. The van der Waals surface area contributed by atoms with E-state index in [1.807, 2.05) is 32.3 Å². The lowest BCUT2D eigenvalue weighted by atomic mass is 10.2. The highest BCUT2D eigenvalue weighted by molar-refractivity contribution is 5.42. The first kappa shape index (κ1) is 16.8. The molecule has 1 rings (SSSR count). The molecule has 0 radical (unpaired) electrons. The molecule has 0 saturated carbocycles. The zero-order chi connectivity index (χ0) is 14.8. The van der Waals surface area contributed by atoms with E-state index in [1.54, 1.807) is 14.2 Å². The van der Waals surface area contributed by atoms with Crippen molar-refractivity contribution in [2.24, 2.45) is 0 Å². The van der Waals surface area contributed by atoms with Crippen molar-refractivity contribution in [2.45, 2.75) is 6.54 Å². The highest BCUT2D eigenvalue weighted by Gasteiger charge is 2.03. The fourth-order valence-electron chi connectivity index (χ4n) is 1.72. The molecule has 0 bridgehead atoms. The number of rotatable bonds is 10. The topological polar surface area (TPSA) is 43.0 Å². The zero-order valence-corrected chi connectivity index (χ0v) is 12.9. The van der Waals surface area contributed by atoms with Crippen molar-refractivity contribution in [2.75, 3.05) is 54.6 Å². The van der Waals surface area contributed by atoms with Crippen molar-refractivity contribution in [1.82, 2.24) is 10.2 Å². The van der Waals surface area contributed by atoms with Gasteiger partial charge in [0, 0.05) is 19.6 Å². The molecule has 114 valence electrons. The number of likely N-dealkylation sites (N-methyl/N-ethyl adjacent to an activating group) is 1. The van der Waals surface area contributed by atoms with Gasteiger partial charge in [-0.05, 0) is 31.8 Å². The molecule has 0 spiro atoms. The van der Waals surface area contributed by atoms with Crippen LogP contribution < -0.4 is 14.8 Å². The van der Waals surface area contributed by atoms with Gasteiger partial charge in [0.25, 0.3) is 0 Å². The summed E-state index contributed by atoms with van der Waals surface area (Å²) in [5.74, 6) is 1.51. The van der Waals surface area contributed by atoms with Crippen LogP contribution in [0.5, 0.6) is 11.5 Å². The summed E-state index contributed by atoms with van der Waals surface area (Å²) >= 11 is 0. The zero-order valence-electron chi connectivity index (χ0n) is 12.9. The van der Waals surface area contributed by atoms with Crippen LogP contribution in [0.4, 0.5) is 0 Å². The first-order valence-corrected chi connectivity index (χ1v) is 6.81. The molecule has 1 aromatic carbocycles. The van der Waals surface area contributed by atoms with Crippen LogP contribution >= 0.6 is 0 Å². The SMILES string of the molecule is COc1ccc(CNCCOCCN(C)C)cc1OC. The van der Waals surface area contributed by atoms with Crippen molar-refractivity contribution in [3.8, 4) is 11.5 Å². The Hall–Kier alpha value is -1.30. The molecule has 5 nitrogen and oxygen atoms in total. The molecular weight excluding hydrogens is 256 g/mol. The third kappa shape index (κ3) is 6.23. The lowest BCUT2D eigenvalue weighted by molar-refractivity contribution is 0.119. The fourth-order valence-corrected chi connectivity index (χ4v) is 1.72. The summed E-state index contributed by atoms with van der Waals surface area (Å²) in [6.45, 7) is 4.07. The first-order chi connectivity index (χ1) is 9.67. The van der Waals surface area contributed by atoms with E-state index in [4.69, 9.17) is 14.2 Å². The second-order valence-electron chi connectivity index (χ2n) is 4.78. The van der Waals surface area contributed by atoms with Crippen LogP contribution in [-0.2, 0) is 11.3 Å². The normalized spacial score (nSPS) is 10.8. The van der Waals surface area contributed by atoms with Gasteiger partial charge in [-0.3, -0.25) is 0 Å². The van der Waals surface area contributed by atoms with Gasteiger partial charge in [0.2, 0.25) is 0 Å². The number of nitrogens with zero attached hydrogens (tertiary/aromatic N) is 1. The van der Waals surface area contributed by atoms with Gasteiger partial charge in [-0.1, -0.05) is 6.07 Å². The van der Waals surface area contributed by atoms with Gasteiger partial charge in [0.05, 0.1) is 27.4 Å². The number of methoxy groups -OCH3 is 2. The van der Waals surface area contributed by atoms with E-state index in [9.17, 15) is 0 Å².